The third-order valence-corrected chi connectivity index (χ3v) is 2.67. The van der Waals surface area contributed by atoms with Crippen molar-refractivity contribution >= 4 is 33.2 Å². The molecule has 18 heavy (non-hydrogen) atoms. The summed E-state index contributed by atoms with van der Waals surface area (Å²) in [7, 11) is 0. The highest BCUT2D eigenvalue weighted by Crippen LogP contribution is 2.29. The van der Waals surface area contributed by atoms with Gasteiger partial charge < -0.3 is 4.74 Å². The van der Waals surface area contributed by atoms with Gasteiger partial charge in [-0.15, -0.1) is 0 Å². The van der Waals surface area contributed by atoms with Crippen LogP contribution in [-0.4, -0.2) is 9.91 Å². The van der Waals surface area contributed by atoms with E-state index < -0.39 is 4.92 Å². The quantitative estimate of drug-likeness (QED) is 0.625. The molecule has 1 aromatic heterocycles. The molecule has 0 atom stereocenters. The molecular weight excluding hydrogens is 323 g/mol. The van der Waals surface area contributed by atoms with E-state index in [0.29, 0.717) is 21.1 Å². The zero-order valence-corrected chi connectivity index (χ0v) is 11.2. The first-order chi connectivity index (χ1) is 8.54. The maximum absolute atomic E-state index is 10.7. The lowest BCUT2D eigenvalue weighted by atomic mass is 10.3. The Morgan fingerprint density at radius 1 is 1.33 bits per heavy atom. The number of nitro groups is 1. The van der Waals surface area contributed by atoms with E-state index in [1.807, 2.05) is 0 Å². The summed E-state index contributed by atoms with van der Waals surface area (Å²) in [5, 5.41) is 11.2. The number of hydrogen-bond acceptors (Lipinski definition) is 4. The van der Waals surface area contributed by atoms with Crippen molar-refractivity contribution in [1.82, 2.24) is 4.98 Å². The zero-order chi connectivity index (χ0) is 13.1. The van der Waals surface area contributed by atoms with Gasteiger partial charge in [-0.25, -0.2) is 4.98 Å². The first-order valence-corrected chi connectivity index (χ1v) is 5.96. The second-order valence-corrected chi connectivity index (χ2v) is 4.67. The molecule has 0 spiro atoms. The molecule has 5 nitrogen and oxygen atoms in total. The number of rotatable bonds is 3. The van der Waals surface area contributed by atoms with E-state index in [1.165, 1.54) is 18.3 Å². The number of non-ortho nitro benzene ring substituents is 1. The standard InChI is InChI=1S/C11H6BrClN2O3/c12-7-3-9(15(16)17)5-10(4-7)18-11-2-1-8(13)6-14-11/h1-6H. The Hall–Kier alpha value is -1.66. The maximum Gasteiger partial charge on any atom is 0.274 e. The average molecular weight is 330 g/mol. The number of pyridine rings is 1. The lowest BCUT2D eigenvalue weighted by molar-refractivity contribution is -0.385. The molecule has 0 aliphatic carbocycles. The molecule has 92 valence electrons. The van der Waals surface area contributed by atoms with Crippen molar-refractivity contribution in [2.45, 2.75) is 0 Å². The topological polar surface area (TPSA) is 65.3 Å². The molecule has 0 saturated carbocycles. The number of halogens is 2. The number of benzene rings is 1. The van der Waals surface area contributed by atoms with Crippen molar-refractivity contribution in [1.29, 1.82) is 0 Å². The fraction of sp³-hybridized carbons (Fsp3) is 0. The predicted octanol–water partition coefficient (Wildman–Crippen LogP) is 4.20. The maximum atomic E-state index is 10.7. The summed E-state index contributed by atoms with van der Waals surface area (Å²) in [5.74, 6) is 0.637. The van der Waals surface area contributed by atoms with Gasteiger partial charge in [0.15, 0.2) is 0 Å². The summed E-state index contributed by atoms with van der Waals surface area (Å²) < 4.78 is 5.96. The van der Waals surface area contributed by atoms with Crippen LogP contribution in [-0.2, 0) is 0 Å². The van der Waals surface area contributed by atoms with E-state index in [9.17, 15) is 10.1 Å². The minimum Gasteiger partial charge on any atom is -0.439 e. The van der Waals surface area contributed by atoms with E-state index >= 15 is 0 Å². The first kappa shape index (κ1) is 12.8. The summed E-state index contributed by atoms with van der Waals surface area (Å²) in [5.41, 5.74) is -0.0617. The van der Waals surface area contributed by atoms with E-state index in [1.54, 1.807) is 18.2 Å². The van der Waals surface area contributed by atoms with Crippen LogP contribution >= 0.6 is 27.5 Å². The molecule has 0 aliphatic rings. The van der Waals surface area contributed by atoms with Crippen molar-refractivity contribution < 1.29 is 9.66 Å². The number of hydrogen-bond donors (Lipinski definition) is 0. The van der Waals surface area contributed by atoms with Crippen molar-refractivity contribution in [3.05, 3.63) is 56.1 Å². The lowest BCUT2D eigenvalue weighted by Crippen LogP contribution is -1.91. The Bertz CT molecular complexity index is 589. The van der Waals surface area contributed by atoms with Crippen molar-refractivity contribution in [3.8, 4) is 11.6 Å². The zero-order valence-electron chi connectivity index (χ0n) is 8.84. The number of ether oxygens (including phenoxy) is 1. The highest BCUT2D eigenvalue weighted by Gasteiger charge is 2.10. The molecule has 0 bridgehead atoms. The van der Waals surface area contributed by atoms with Crippen LogP contribution in [0.25, 0.3) is 0 Å². The minimum atomic E-state index is -0.493. The van der Waals surface area contributed by atoms with Crippen LogP contribution in [0.1, 0.15) is 0 Å². The lowest BCUT2D eigenvalue weighted by Gasteiger charge is -2.05. The van der Waals surface area contributed by atoms with Gasteiger partial charge in [0.2, 0.25) is 5.88 Å². The average Bonchev–Trinajstić information content (AvgIpc) is 2.31. The van der Waals surface area contributed by atoms with Gasteiger partial charge in [0.1, 0.15) is 5.75 Å². The van der Waals surface area contributed by atoms with Gasteiger partial charge in [-0.3, -0.25) is 10.1 Å². The molecular formula is C11H6BrClN2O3. The molecule has 0 N–H and O–H groups in total. The Labute approximate surface area is 116 Å². The van der Waals surface area contributed by atoms with E-state index in [2.05, 4.69) is 20.9 Å². The second-order valence-electron chi connectivity index (χ2n) is 3.32. The fourth-order valence-electron chi connectivity index (χ4n) is 1.26. The van der Waals surface area contributed by atoms with Crippen LogP contribution in [0.3, 0.4) is 0 Å². The second kappa shape index (κ2) is 5.32. The molecule has 0 fully saturated rings. The largest absolute Gasteiger partial charge is 0.439 e. The van der Waals surface area contributed by atoms with Crippen LogP contribution in [0.2, 0.25) is 5.02 Å². The summed E-state index contributed by atoms with van der Waals surface area (Å²) in [6.07, 6.45) is 1.43. The van der Waals surface area contributed by atoms with Gasteiger partial charge in [0, 0.05) is 22.8 Å². The van der Waals surface area contributed by atoms with Gasteiger partial charge in [-0.1, -0.05) is 27.5 Å². The first-order valence-electron chi connectivity index (χ1n) is 4.79. The minimum absolute atomic E-state index is 0.0617. The highest BCUT2D eigenvalue weighted by molar-refractivity contribution is 9.10. The highest BCUT2D eigenvalue weighted by atomic mass is 79.9. The summed E-state index contributed by atoms with van der Waals surface area (Å²) in [6, 6.07) is 7.53. The predicted molar refractivity (Wildman–Crippen MR) is 70.1 cm³/mol. The molecule has 1 aromatic carbocycles. The summed E-state index contributed by atoms with van der Waals surface area (Å²) in [4.78, 5) is 14.1. The van der Waals surface area contributed by atoms with Crippen LogP contribution in [0.4, 0.5) is 5.69 Å². The Morgan fingerprint density at radius 3 is 2.72 bits per heavy atom. The van der Waals surface area contributed by atoms with E-state index in [-0.39, 0.29) is 5.69 Å². The smallest absolute Gasteiger partial charge is 0.274 e. The van der Waals surface area contributed by atoms with Gasteiger partial charge in [0.25, 0.3) is 5.69 Å². The Kier molecular flexibility index (Phi) is 3.78. The number of nitro benzene ring substituents is 1. The normalized spacial score (nSPS) is 10.1. The van der Waals surface area contributed by atoms with Gasteiger partial charge in [-0.05, 0) is 12.1 Å². The molecule has 0 amide bonds. The van der Waals surface area contributed by atoms with Crippen molar-refractivity contribution in [2.75, 3.05) is 0 Å². The molecule has 0 saturated heterocycles. The monoisotopic (exact) mass is 328 g/mol. The molecule has 2 aromatic rings. The van der Waals surface area contributed by atoms with E-state index in [0.717, 1.165) is 0 Å². The number of nitrogens with zero attached hydrogens (tertiary/aromatic N) is 2. The third kappa shape index (κ3) is 3.18. The summed E-state index contributed by atoms with van der Waals surface area (Å²) >= 11 is 8.87. The molecule has 7 heteroatoms. The molecule has 0 radical (unpaired) electrons. The van der Waals surface area contributed by atoms with E-state index in [4.69, 9.17) is 16.3 Å². The van der Waals surface area contributed by atoms with Gasteiger partial charge >= 0.3 is 0 Å². The Balaban J connectivity index is 2.28. The van der Waals surface area contributed by atoms with Gasteiger partial charge in [0.05, 0.1) is 16.0 Å². The SMILES string of the molecule is O=[N+]([O-])c1cc(Br)cc(Oc2ccc(Cl)cn2)c1. The van der Waals surface area contributed by atoms with Gasteiger partial charge in [-0.2, -0.15) is 0 Å². The molecule has 0 aliphatic heterocycles. The molecule has 1 heterocycles. The van der Waals surface area contributed by atoms with Crippen molar-refractivity contribution in [3.63, 3.8) is 0 Å². The molecule has 0 unspecified atom stereocenters. The van der Waals surface area contributed by atoms with Crippen LogP contribution in [0, 0.1) is 10.1 Å². The van der Waals surface area contributed by atoms with Crippen molar-refractivity contribution in [2.24, 2.45) is 0 Å². The van der Waals surface area contributed by atoms with Crippen LogP contribution in [0.5, 0.6) is 11.6 Å². The Morgan fingerprint density at radius 2 is 2.11 bits per heavy atom. The summed E-state index contributed by atoms with van der Waals surface area (Å²) in [6.45, 7) is 0. The van der Waals surface area contributed by atoms with Crippen LogP contribution < -0.4 is 4.74 Å². The number of aromatic nitrogens is 1. The third-order valence-electron chi connectivity index (χ3n) is 1.99. The van der Waals surface area contributed by atoms with Crippen LogP contribution in [0.15, 0.2) is 41.0 Å². The fourth-order valence-corrected chi connectivity index (χ4v) is 1.83. The molecule has 2 rings (SSSR count).